The van der Waals surface area contributed by atoms with E-state index in [4.69, 9.17) is 0 Å². The molecule has 1 N–H and O–H groups in total. The van der Waals surface area contributed by atoms with Gasteiger partial charge in [0.15, 0.2) is 11.5 Å². The second-order valence-electron chi connectivity index (χ2n) is 3.76. The highest BCUT2D eigenvalue weighted by molar-refractivity contribution is 5.92. The molecule has 0 aliphatic heterocycles. The number of aryl methyl sites for hydroxylation is 1. The molecule has 2 heterocycles. The smallest absolute Gasteiger partial charge is 0.272 e. The summed E-state index contributed by atoms with van der Waals surface area (Å²) in [5.41, 5.74) is -0.415. The van der Waals surface area contributed by atoms with Gasteiger partial charge in [-0.3, -0.25) is 9.48 Å². The minimum atomic E-state index is -0.978. The normalized spacial score (nSPS) is 10.4. The molecule has 0 saturated heterocycles. The summed E-state index contributed by atoms with van der Waals surface area (Å²) < 4.78 is 27.5. The van der Waals surface area contributed by atoms with Crippen LogP contribution in [-0.2, 0) is 6.54 Å². The van der Waals surface area contributed by atoms with Crippen LogP contribution in [0.5, 0.6) is 0 Å². The van der Waals surface area contributed by atoms with Gasteiger partial charge in [0.05, 0.1) is 12.4 Å². The molecule has 8 heteroatoms. The Morgan fingerprint density at radius 2 is 2.26 bits per heavy atom. The van der Waals surface area contributed by atoms with Gasteiger partial charge in [0.25, 0.3) is 5.91 Å². The lowest BCUT2D eigenvalue weighted by Crippen LogP contribution is -2.27. The highest BCUT2D eigenvalue weighted by Gasteiger charge is 2.13. The number of halogens is 2. The molecule has 0 aliphatic carbocycles. The van der Waals surface area contributed by atoms with Crippen molar-refractivity contribution in [3.05, 3.63) is 42.0 Å². The molecule has 0 spiro atoms. The van der Waals surface area contributed by atoms with Crippen LogP contribution in [0, 0.1) is 11.6 Å². The number of amides is 1. The summed E-state index contributed by atoms with van der Waals surface area (Å²) in [6.07, 6.45) is 4.66. The lowest BCUT2D eigenvalue weighted by Gasteiger charge is -2.05. The van der Waals surface area contributed by atoms with Crippen LogP contribution in [0.3, 0.4) is 0 Å². The lowest BCUT2D eigenvalue weighted by molar-refractivity contribution is 0.0943. The van der Waals surface area contributed by atoms with Gasteiger partial charge in [-0.05, 0) is 6.42 Å². The van der Waals surface area contributed by atoms with Crippen LogP contribution < -0.4 is 5.32 Å². The van der Waals surface area contributed by atoms with Gasteiger partial charge in [0.2, 0.25) is 0 Å². The fourth-order valence-corrected chi connectivity index (χ4v) is 1.46. The van der Waals surface area contributed by atoms with Crippen LogP contribution in [0.2, 0.25) is 0 Å². The lowest BCUT2D eigenvalue weighted by atomic mass is 10.3. The van der Waals surface area contributed by atoms with Gasteiger partial charge in [-0.2, -0.15) is 0 Å². The molecule has 1 amide bonds. The number of nitrogens with zero attached hydrogens (tertiary/aromatic N) is 4. The molecule has 0 fully saturated rings. The predicted octanol–water partition coefficient (Wildman–Crippen LogP) is 0.771. The zero-order valence-corrected chi connectivity index (χ0v) is 9.88. The van der Waals surface area contributed by atoms with Crippen LogP contribution >= 0.6 is 0 Å². The molecule has 0 aliphatic rings. The first kappa shape index (κ1) is 13.1. The molecule has 2 aromatic heterocycles. The van der Waals surface area contributed by atoms with E-state index in [2.05, 4.69) is 20.6 Å². The van der Waals surface area contributed by atoms with E-state index in [1.807, 2.05) is 0 Å². The van der Waals surface area contributed by atoms with Crippen LogP contribution in [0.25, 0.3) is 0 Å². The zero-order chi connectivity index (χ0) is 13.7. The van der Waals surface area contributed by atoms with Crippen molar-refractivity contribution in [1.82, 2.24) is 25.3 Å². The van der Waals surface area contributed by atoms with Crippen LogP contribution in [0.4, 0.5) is 8.78 Å². The van der Waals surface area contributed by atoms with Crippen LogP contribution in [0.1, 0.15) is 16.9 Å². The maximum atomic E-state index is 13.2. The predicted molar refractivity (Wildman–Crippen MR) is 61.1 cm³/mol. The quantitative estimate of drug-likeness (QED) is 0.812. The van der Waals surface area contributed by atoms with Gasteiger partial charge in [0.1, 0.15) is 5.82 Å². The fraction of sp³-hybridized carbons (Fsp3) is 0.273. The second-order valence-corrected chi connectivity index (χ2v) is 3.76. The van der Waals surface area contributed by atoms with Crippen molar-refractivity contribution >= 4 is 5.91 Å². The number of pyridine rings is 1. The van der Waals surface area contributed by atoms with Gasteiger partial charge >= 0.3 is 0 Å². The standard InChI is InChI=1S/C11H11F2N5O/c12-8-6-9(13)10(15-7-8)11(19)14-2-1-4-18-5-3-16-17-18/h3,5-7H,1-2,4H2,(H,14,19). The van der Waals surface area contributed by atoms with Gasteiger partial charge in [0, 0.05) is 25.4 Å². The third kappa shape index (κ3) is 3.54. The molecular weight excluding hydrogens is 256 g/mol. The molecule has 0 aromatic carbocycles. The van der Waals surface area contributed by atoms with Gasteiger partial charge in [-0.1, -0.05) is 5.21 Å². The highest BCUT2D eigenvalue weighted by atomic mass is 19.1. The molecule has 0 atom stereocenters. The number of rotatable bonds is 5. The summed E-state index contributed by atoms with van der Waals surface area (Å²) in [6, 6.07) is 0.622. The minimum absolute atomic E-state index is 0.331. The van der Waals surface area contributed by atoms with E-state index in [1.165, 1.54) is 0 Å². The number of aromatic nitrogens is 4. The maximum absolute atomic E-state index is 13.2. The Morgan fingerprint density at radius 3 is 2.95 bits per heavy atom. The number of hydrogen-bond donors (Lipinski definition) is 1. The molecule has 0 saturated carbocycles. The van der Waals surface area contributed by atoms with Gasteiger partial charge < -0.3 is 5.32 Å². The highest BCUT2D eigenvalue weighted by Crippen LogP contribution is 2.05. The van der Waals surface area contributed by atoms with E-state index >= 15 is 0 Å². The Hall–Kier alpha value is -2.38. The summed E-state index contributed by atoms with van der Waals surface area (Å²) in [7, 11) is 0. The molecule has 0 unspecified atom stereocenters. The maximum Gasteiger partial charge on any atom is 0.272 e. The summed E-state index contributed by atoms with van der Waals surface area (Å²) in [5.74, 6) is -2.47. The first-order valence-electron chi connectivity index (χ1n) is 5.60. The van der Waals surface area contributed by atoms with Crippen molar-refractivity contribution in [2.75, 3.05) is 6.54 Å². The monoisotopic (exact) mass is 267 g/mol. The first-order chi connectivity index (χ1) is 9.16. The number of carbonyl (C=O) groups excluding carboxylic acids is 1. The largest absolute Gasteiger partial charge is 0.351 e. The molecule has 2 rings (SSSR count). The SMILES string of the molecule is O=C(NCCCn1ccnn1)c1ncc(F)cc1F. The average molecular weight is 267 g/mol. The summed E-state index contributed by atoms with van der Waals surface area (Å²) >= 11 is 0. The Bertz CT molecular complexity index is 558. The first-order valence-corrected chi connectivity index (χ1v) is 5.60. The third-order valence-corrected chi connectivity index (χ3v) is 2.34. The minimum Gasteiger partial charge on any atom is -0.351 e. The van der Waals surface area contributed by atoms with E-state index in [0.29, 0.717) is 25.6 Å². The fourth-order valence-electron chi connectivity index (χ4n) is 1.46. The third-order valence-electron chi connectivity index (χ3n) is 2.34. The van der Waals surface area contributed by atoms with Crippen molar-refractivity contribution < 1.29 is 13.6 Å². The molecule has 0 bridgehead atoms. The van der Waals surface area contributed by atoms with Gasteiger partial charge in [-0.25, -0.2) is 13.8 Å². The number of carbonyl (C=O) groups is 1. The van der Waals surface area contributed by atoms with Gasteiger partial charge in [-0.15, -0.1) is 5.10 Å². The van der Waals surface area contributed by atoms with Crippen molar-refractivity contribution in [2.45, 2.75) is 13.0 Å². The van der Waals surface area contributed by atoms with E-state index in [0.717, 1.165) is 6.20 Å². The van der Waals surface area contributed by atoms with Crippen LogP contribution in [0.15, 0.2) is 24.7 Å². The zero-order valence-electron chi connectivity index (χ0n) is 9.88. The number of hydrogen-bond acceptors (Lipinski definition) is 4. The molecule has 100 valence electrons. The van der Waals surface area contributed by atoms with Crippen molar-refractivity contribution in [3.63, 3.8) is 0 Å². The molecule has 19 heavy (non-hydrogen) atoms. The average Bonchev–Trinajstić information content (AvgIpc) is 2.87. The Balaban J connectivity index is 1.81. The van der Waals surface area contributed by atoms with Crippen molar-refractivity contribution in [3.8, 4) is 0 Å². The molecule has 6 nitrogen and oxygen atoms in total. The van der Waals surface area contributed by atoms with E-state index in [1.54, 1.807) is 17.1 Å². The summed E-state index contributed by atoms with van der Waals surface area (Å²) in [4.78, 5) is 15.0. The van der Waals surface area contributed by atoms with Crippen molar-refractivity contribution in [2.24, 2.45) is 0 Å². The van der Waals surface area contributed by atoms with Crippen LogP contribution in [-0.4, -0.2) is 32.4 Å². The van der Waals surface area contributed by atoms with E-state index in [9.17, 15) is 13.6 Å². The Kier molecular flexibility index (Phi) is 4.11. The molecule has 0 radical (unpaired) electrons. The molecule has 2 aromatic rings. The van der Waals surface area contributed by atoms with E-state index in [-0.39, 0.29) is 0 Å². The molecular formula is C11H11F2N5O. The summed E-state index contributed by atoms with van der Waals surface area (Å²) in [6.45, 7) is 0.913. The number of nitrogens with one attached hydrogen (secondary N) is 1. The Labute approximate surface area is 107 Å². The second kappa shape index (κ2) is 5.98. The van der Waals surface area contributed by atoms with E-state index < -0.39 is 23.2 Å². The Morgan fingerprint density at radius 1 is 1.42 bits per heavy atom. The topological polar surface area (TPSA) is 72.7 Å². The van der Waals surface area contributed by atoms with Crippen molar-refractivity contribution in [1.29, 1.82) is 0 Å². The summed E-state index contributed by atoms with van der Waals surface area (Å²) in [5, 5.41) is 9.89.